The molecule has 3 aliphatic rings. The van der Waals surface area contributed by atoms with Crippen LogP contribution in [0.5, 0.6) is 5.75 Å². The first kappa shape index (κ1) is 17.4. The van der Waals surface area contributed by atoms with Crippen molar-refractivity contribution in [2.24, 2.45) is 0 Å². The van der Waals surface area contributed by atoms with Crippen molar-refractivity contribution >= 4 is 11.7 Å². The Hall–Kier alpha value is -2.67. The predicted octanol–water partition coefficient (Wildman–Crippen LogP) is 1.59. The number of morpholine rings is 1. The van der Waals surface area contributed by atoms with Crippen molar-refractivity contribution < 1.29 is 14.3 Å². The Bertz CT molecular complexity index is 882. The summed E-state index contributed by atoms with van der Waals surface area (Å²) in [5.41, 5.74) is 3.30. The molecule has 5 rings (SSSR count). The molecule has 2 aromatic rings. The molecule has 0 radical (unpaired) electrons. The molecular formula is C21H24N4O3. The first-order valence-electron chi connectivity index (χ1n) is 9.98. The molecule has 0 N–H and O–H groups in total. The van der Waals surface area contributed by atoms with E-state index in [2.05, 4.69) is 20.9 Å². The monoisotopic (exact) mass is 380 g/mol. The summed E-state index contributed by atoms with van der Waals surface area (Å²) in [5.74, 6) is 1.90. The maximum Gasteiger partial charge on any atom is 0.264 e. The van der Waals surface area contributed by atoms with E-state index in [9.17, 15) is 4.79 Å². The second-order valence-corrected chi connectivity index (χ2v) is 7.48. The van der Waals surface area contributed by atoms with Gasteiger partial charge >= 0.3 is 0 Å². The number of fused-ring (bicyclic) bond motifs is 2. The average Bonchev–Trinajstić information content (AvgIpc) is 2.78. The third-order valence-electron chi connectivity index (χ3n) is 5.80. The zero-order valence-electron chi connectivity index (χ0n) is 15.8. The summed E-state index contributed by atoms with van der Waals surface area (Å²) >= 11 is 0. The van der Waals surface area contributed by atoms with Gasteiger partial charge in [-0.2, -0.15) is 0 Å². The molecule has 1 atom stereocenters. The Morgan fingerprint density at radius 3 is 2.82 bits per heavy atom. The van der Waals surface area contributed by atoms with E-state index in [1.807, 2.05) is 23.1 Å². The maximum absolute atomic E-state index is 13.1. The number of ether oxygens (including phenoxy) is 2. The van der Waals surface area contributed by atoms with Crippen LogP contribution in [0.1, 0.15) is 23.2 Å². The van der Waals surface area contributed by atoms with Crippen LogP contribution in [0, 0.1) is 0 Å². The molecule has 1 fully saturated rings. The maximum atomic E-state index is 13.1. The molecule has 1 aromatic carbocycles. The standard InChI is InChI=1S/C21H24N4O3/c26-21(19-6-5-15-3-1-2-4-18(15)28-19)25-8-7-16-17(13-25)22-14-23-20(16)24-9-11-27-12-10-24/h1-4,14,19H,5-13H2/t19-/m0/s1. The van der Waals surface area contributed by atoms with Crippen molar-refractivity contribution in [2.75, 3.05) is 37.7 Å². The molecule has 28 heavy (non-hydrogen) atoms. The van der Waals surface area contributed by atoms with Crippen LogP contribution >= 0.6 is 0 Å². The van der Waals surface area contributed by atoms with Gasteiger partial charge in [0, 0.05) is 25.2 Å². The van der Waals surface area contributed by atoms with Crippen LogP contribution < -0.4 is 9.64 Å². The van der Waals surface area contributed by atoms with Crippen LogP contribution in [0.2, 0.25) is 0 Å². The summed E-state index contributed by atoms with van der Waals surface area (Å²) in [4.78, 5) is 26.3. The molecule has 1 amide bonds. The summed E-state index contributed by atoms with van der Waals surface area (Å²) in [6, 6.07) is 7.98. The summed E-state index contributed by atoms with van der Waals surface area (Å²) in [6.07, 6.45) is 3.59. The fourth-order valence-corrected chi connectivity index (χ4v) is 4.27. The van der Waals surface area contributed by atoms with Crippen LogP contribution in [-0.2, 0) is 28.9 Å². The van der Waals surface area contributed by atoms with E-state index in [1.165, 1.54) is 11.1 Å². The van der Waals surface area contributed by atoms with Crippen LogP contribution in [0.15, 0.2) is 30.6 Å². The Kier molecular flexibility index (Phi) is 4.60. The van der Waals surface area contributed by atoms with E-state index in [-0.39, 0.29) is 5.91 Å². The highest BCUT2D eigenvalue weighted by Crippen LogP contribution is 2.30. The lowest BCUT2D eigenvalue weighted by Crippen LogP contribution is -2.46. The second kappa shape index (κ2) is 7.39. The topological polar surface area (TPSA) is 67.8 Å². The first-order valence-corrected chi connectivity index (χ1v) is 9.98. The van der Waals surface area contributed by atoms with Gasteiger partial charge in [-0.1, -0.05) is 18.2 Å². The largest absolute Gasteiger partial charge is 0.480 e. The summed E-state index contributed by atoms with van der Waals surface area (Å²) in [7, 11) is 0. The van der Waals surface area contributed by atoms with Gasteiger partial charge in [-0.15, -0.1) is 0 Å². The molecule has 1 saturated heterocycles. The van der Waals surface area contributed by atoms with Gasteiger partial charge in [0.05, 0.1) is 25.5 Å². The van der Waals surface area contributed by atoms with Crippen molar-refractivity contribution in [3.63, 3.8) is 0 Å². The van der Waals surface area contributed by atoms with Crippen molar-refractivity contribution in [2.45, 2.75) is 31.9 Å². The third-order valence-corrected chi connectivity index (χ3v) is 5.80. The number of para-hydroxylation sites is 1. The van der Waals surface area contributed by atoms with Crippen LogP contribution in [-0.4, -0.2) is 59.7 Å². The lowest BCUT2D eigenvalue weighted by atomic mass is 10.00. The van der Waals surface area contributed by atoms with Gasteiger partial charge in [0.2, 0.25) is 0 Å². The molecule has 0 spiro atoms. The van der Waals surface area contributed by atoms with E-state index in [1.54, 1.807) is 6.33 Å². The molecule has 1 aromatic heterocycles. The number of rotatable bonds is 2. The normalized spacial score (nSPS) is 21.5. The number of hydrogen-bond acceptors (Lipinski definition) is 6. The zero-order chi connectivity index (χ0) is 18.9. The minimum atomic E-state index is -0.406. The molecular weight excluding hydrogens is 356 g/mol. The van der Waals surface area contributed by atoms with Crippen molar-refractivity contribution in [3.8, 4) is 5.75 Å². The summed E-state index contributed by atoms with van der Waals surface area (Å²) in [5, 5.41) is 0. The highest BCUT2D eigenvalue weighted by atomic mass is 16.5. The predicted molar refractivity (Wildman–Crippen MR) is 103 cm³/mol. The van der Waals surface area contributed by atoms with Gasteiger partial charge in [0.25, 0.3) is 5.91 Å². The Balaban J connectivity index is 1.31. The lowest BCUT2D eigenvalue weighted by Gasteiger charge is -2.35. The fourth-order valence-electron chi connectivity index (χ4n) is 4.27. The second-order valence-electron chi connectivity index (χ2n) is 7.48. The molecule has 0 unspecified atom stereocenters. The third kappa shape index (κ3) is 3.20. The molecule has 0 bridgehead atoms. The van der Waals surface area contributed by atoms with Gasteiger partial charge in [0.15, 0.2) is 6.10 Å². The number of aryl methyl sites for hydroxylation is 1. The number of aromatic nitrogens is 2. The first-order chi connectivity index (χ1) is 13.8. The fraction of sp³-hybridized carbons (Fsp3) is 0.476. The smallest absolute Gasteiger partial charge is 0.264 e. The molecule has 7 nitrogen and oxygen atoms in total. The Labute approximate surface area is 164 Å². The molecule has 7 heteroatoms. The molecule has 0 aliphatic carbocycles. The molecule has 3 aliphatic heterocycles. The number of carbonyl (C=O) groups is 1. The van der Waals surface area contributed by atoms with Gasteiger partial charge in [-0.25, -0.2) is 9.97 Å². The van der Waals surface area contributed by atoms with Gasteiger partial charge in [-0.3, -0.25) is 4.79 Å². The number of hydrogen-bond donors (Lipinski definition) is 0. The van der Waals surface area contributed by atoms with Crippen molar-refractivity contribution in [1.29, 1.82) is 0 Å². The van der Waals surface area contributed by atoms with E-state index < -0.39 is 6.10 Å². The Morgan fingerprint density at radius 2 is 1.93 bits per heavy atom. The highest BCUT2D eigenvalue weighted by molar-refractivity contribution is 5.82. The minimum Gasteiger partial charge on any atom is -0.480 e. The molecule has 4 heterocycles. The van der Waals surface area contributed by atoms with E-state index in [0.717, 1.165) is 62.8 Å². The van der Waals surface area contributed by atoms with Gasteiger partial charge in [0.1, 0.15) is 17.9 Å². The van der Waals surface area contributed by atoms with Crippen molar-refractivity contribution in [1.82, 2.24) is 14.9 Å². The van der Waals surface area contributed by atoms with Crippen molar-refractivity contribution in [3.05, 3.63) is 47.4 Å². The van der Waals surface area contributed by atoms with E-state index in [4.69, 9.17) is 9.47 Å². The van der Waals surface area contributed by atoms with Crippen LogP contribution in [0.25, 0.3) is 0 Å². The zero-order valence-corrected chi connectivity index (χ0v) is 15.8. The van der Waals surface area contributed by atoms with E-state index >= 15 is 0 Å². The van der Waals surface area contributed by atoms with Gasteiger partial charge < -0.3 is 19.3 Å². The highest BCUT2D eigenvalue weighted by Gasteiger charge is 2.33. The number of nitrogens with zero attached hydrogens (tertiary/aromatic N) is 4. The molecule has 146 valence electrons. The number of benzene rings is 1. The van der Waals surface area contributed by atoms with Crippen LogP contribution in [0.4, 0.5) is 5.82 Å². The average molecular weight is 380 g/mol. The number of amides is 1. The lowest BCUT2D eigenvalue weighted by molar-refractivity contribution is -0.140. The van der Waals surface area contributed by atoms with Gasteiger partial charge in [-0.05, 0) is 30.9 Å². The number of anilines is 1. The SMILES string of the molecule is O=C([C@@H]1CCc2ccccc2O1)N1CCc2c(ncnc2N2CCOCC2)C1. The van der Waals surface area contributed by atoms with Crippen LogP contribution in [0.3, 0.4) is 0 Å². The number of carbonyl (C=O) groups excluding carboxylic acids is 1. The quantitative estimate of drug-likeness (QED) is 0.788. The van der Waals surface area contributed by atoms with E-state index in [0.29, 0.717) is 13.1 Å². The summed E-state index contributed by atoms with van der Waals surface area (Å²) < 4.78 is 11.5. The Morgan fingerprint density at radius 1 is 1.07 bits per heavy atom. The summed E-state index contributed by atoms with van der Waals surface area (Å²) in [6.45, 7) is 4.35. The minimum absolute atomic E-state index is 0.0617. The molecule has 0 saturated carbocycles.